The molecule has 0 aromatic heterocycles. The topological polar surface area (TPSA) is 219 Å². The van der Waals surface area contributed by atoms with E-state index in [-0.39, 0.29) is 58.9 Å². The second-order valence-electron chi connectivity index (χ2n) is 5.96. The summed E-state index contributed by atoms with van der Waals surface area (Å²) in [7, 11) is 0. The zero-order chi connectivity index (χ0) is 21.0. The van der Waals surface area contributed by atoms with Crippen LogP contribution in [-0.4, -0.2) is 108 Å². The summed E-state index contributed by atoms with van der Waals surface area (Å²) >= 11 is 0. The standard InChI is InChI=1S/C14H27N7O6/c15-10(22)5-20(6-11(16)23)3-1-19(9-14(26)27)2-4-21(7-12(17)24)8-13(18)25/h1-9H2,(H2,15,22)(H2,16,23)(H2,17,24)(H2,18,25)(H,26,27). The molecule has 0 aliphatic heterocycles. The van der Waals surface area contributed by atoms with Gasteiger partial charge in [-0.2, -0.15) is 0 Å². The highest BCUT2D eigenvalue weighted by molar-refractivity contribution is 5.79. The van der Waals surface area contributed by atoms with E-state index < -0.39 is 29.6 Å². The number of primary amides is 4. The number of aliphatic carboxylic acids is 1. The van der Waals surface area contributed by atoms with Gasteiger partial charge in [0.2, 0.25) is 23.6 Å². The van der Waals surface area contributed by atoms with Crippen LogP contribution < -0.4 is 22.9 Å². The Morgan fingerprint density at radius 2 is 0.778 bits per heavy atom. The summed E-state index contributed by atoms with van der Waals surface area (Å²) in [5, 5.41) is 9.03. The van der Waals surface area contributed by atoms with Gasteiger partial charge in [-0.15, -0.1) is 0 Å². The van der Waals surface area contributed by atoms with Crippen LogP contribution in [0.25, 0.3) is 0 Å². The van der Waals surface area contributed by atoms with Crippen molar-refractivity contribution in [2.45, 2.75) is 0 Å². The van der Waals surface area contributed by atoms with E-state index in [1.165, 1.54) is 14.7 Å². The first-order valence-electron chi connectivity index (χ1n) is 8.01. The summed E-state index contributed by atoms with van der Waals surface area (Å²) in [6, 6.07) is 0. The highest BCUT2D eigenvalue weighted by Crippen LogP contribution is 1.96. The minimum absolute atomic E-state index is 0.158. The van der Waals surface area contributed by atoms with Crippen LogP contribution in [0.1, 0.15) is 0 Å². The molecule has 27 heavy (non-hydrogen) atoms. The van der Waals surface area contributed by atoms with Crippen LogP contribution in [0.4, 0.5) is 0 Å². The maximum absolute atomic E-state index is 11.1. The molecule has 0 atom stereocenters. The average Bonchev–Trinajstić information content (AvgIpc) is 2.46. The third-order valence-electron chi connectivity index (χ3n) is 3.34. The third-order valence-corrected chi connectivity index (χ3v) is 3.34. The number of carboxylic acid groups (broad SMARTS) is 1. The summed E-state index contributed by atoms with van der Waals surface area (Å²) in [4.78, 5) is 59.6. The van der Waals surface area contributed by atoms with E-state index in [0.717, 1.165) is 0 Å². The van der Waals surface area contributed by atoms with Gasteiger partial charge < -0.3 is 28.0 Å². The predicted molar refractivity (Wildman–Crippen MR) is 93.7 cm³/mol. The van der Waals surface area contributed by atoms with Crippen molar-refractivity contribution in [1.82, 2.24) is 14.7 Å². The fourth-order valence-electron chi connectivity index (χ4n) is 2.34. The number of nitrogens with two attached hydrogens (primary N) is 4. The van der Waals surface area contributed by atoms with E-state index in [2.05, 4.69) is 0 Å². The zero-order valence-corrected chi connectivity index (χ0v) is 15.0. The number of amides is 4. The van der Waals surface area contributed by atoms with E-state index in [4.69, 9.17) is 28.0 Å². The van der Waals surface area contributed by atoms with E-state index in [9.17, 15) is 24.0 Å². The van der Waals surface area contributed by atoms with Crippen molar-refractivity contribution in [3.05, 3.63) is 0 Å². The van der Waals surface area contributed by atoms with Gasteiger partial charge in [0.1, 0.15) is 0 Å². The first kappa shape index (κ1) is 24.2. The Labute approximate surface area is 156 Å². The third kappa shape index (κ3) is 14.1. The van der Waals surface area contributed by atoms with Crippen molar-refractivity contribution in [3.63, 3.8) is 0 Å². The molecule has 0 aromatic rings. The Morgan fingerprint density at radius 1 is 0.519 bits per heavy atom. The molecule has 0 saturated carbocycles. The molecular weight excluding hydrogens is 362 g/mol. The molecule has 0 aromatic carbocycles. The number of hydrogen-bond acceptors (Lipinski definition) is 8. The Bertz CT molecular complexity index is 484. The van der Waals surface area contributed by atoms with E-state index >= 15 is 0 Å². The molecular formula is C14H27N7O6. The molecule has 0 heterocycles. The summed E-state index contributed by atoms with van der Waals surface area (Å²) in [6.45, 7) is -0.503. The van der Waals surface area contributed by atoms with Gasteiger partial charge in [0.05, 0.1) is 32.7 Å². The fraction of sp³-hybridized carbons (Fsp3) is 0.643. The first-order chi connectivity index (χ1) is 12.5. The Balaban J connectivity index is 4.85. The van der Waals surface area contributed by atoms with Crippen LogP contribution in [0, 0.1) is 0 Å². The van der Waals surface area contributed by atoms with Crippen molar-refractivity contribution < 1.29 is 29.1 Å². The SMILES string of the molecule is NC(=O)CN(CCN(CCN(CC(N)=O)CC(N)=O)CC(=O)O)CC(N)=O. The largest absolute Gasteiger partial charge is 0.480 e. The van der Waals surface area contributed by atoms with Crippen molar-refractivity contribution in [2.75, 3.05) is 58.9 Å². The number of carboxylic acids is 1. The lowest BCUT2D eigenvalue weighted by molar-refractivity contribution is -0.139. The highest BCUT2D eigenvalue weighted by Gasteiger charge is 2.17. The molecule has 9 N–H and O–H groups in total. The van der Waals surface area contributed by atoms with Gasteiger partial charge in [-0.25, -0.2) is 0 Å². The molecule has 0 rings (SSSR count). The maximum atomic E-state index is 11.1. The minimum atomic E-state index is -1.09. The lowest BCUT2D eigenvalue weighted by atomic mass is 10.3. The van der Waals surface area contributed by atoms with Crippen molar-refractivity contribution in [2.24, 2.45) is 22.9 Å². The second-order valence-corrected chi connectivity index (χ2v) is 5.96. The highest BCUT2D eigenvalue weighted by atomic mass is 16.4. The van der Waals surface area contributed by atoms with E-state index in [0.29, 0.717) is 0 Å². The molecule has 13 nitrogen and oxygen atoms in total. The van der Waals surface area contributed by atoms with Gasteiger partial charge in [0.25, 0.3) is 0 Å². The summed E-state index contributed by atoms with van der Waals surface area (Å²) in [5.41, 5.74) is 20.5. The van der Waals surface area contributed by atoms with Crippen LogP contribution >= 0.6 is 0 Å². The molecule has 4 amide bonds. The normalized spacial score (nSPS) is 11.1. The second kappa shape index (κ2) is 12.6. The van der Waals surface area contributed by atoms with Gasteiger partial charge >= 0.3 is 5.97 Å². The van der Waals surface area contributed by atoms with E-state index in [1.54, 1.807) is 0 Å². The summed E-state index contributed by atoms with van der Waals surface area (Å²) in [5.74, 6) is -3.72. The molecule has 154 valence electrons. The Morgan fingerprint density at radius 3 is 1.00 bits per heavy atom. The van der Waals surface area contributed by atoms with Crippen molar-refractivity contribution in [3.8, 4) is 0 Å². The van der Waals surface area contributed by atoms with Crippen LogP contribution in [0.2, 0.25) is 0 Å². The molecule has 0 spiro atoms. The monoisotopic (exact) mass is 389 g/mol. The van der Waals surface area contributed by atoms with Gasteiger partial charge in [-0.3, -0.25) is 38.7 Å². The number of carbonyl (C=O) groups is 5. The van der Waals surface area contributed by atoms with Crippen LogP contribution in [-0.2, 0) is 24.0 Å². The number of nitrogens with zero attached hydrogens (tertiary/aromatic N) is 3. The van der Waals surface area contributed by atoms with Crippen LogP contribution in [0.3, 0.4) is 0 Å². The minimum Gasteiger partial charge on any atom is -0.480 e. The van der Waals surface area contributed by atoms with Gasteiger partial charge in [-0.05, 0) is 0 Å². The lowest BCUT2D eigenvalue weighted by Gasteiger charge is -2.27. The molecule has 0 fully saturated rings. The molecule has 0 unspecified atom stereocenters. The molecule has 0 radical (unpaired) electrons. The maximum Gasteiger partial charge on any atom is 0.317 e. The first-order valence-corrected chi connectivity index (χ1v) is 8.01. The smallest absolute Gasteiger partial charge is 0.317 e. The van der Waals surface area contributed by atoms with Gasteiger partial charge in [0.15, 0.2) is 0 Å². The number of rotatable bonds is 16. The fourth-order valence-corrected chi connectivity index (χ4v) is 2.34. The number of hydrogen-bond donors (Lipinski definition) is 5. The molecule has 0 aliphatic rings. The van der Waals surface area contributed by atoms with Gasteiger partial charge in [0, 0.05) is 26.2 Å². The molecule has 0 bridgehead atoms. The lowest BCUT2D eigenvalue weighted by Crippen LogP contribution is -2.47. The average molecular weight is 389 g/mol. The molecule has 0 saturated heterocycles. The quantitative estimate of drug-likeness (QED) is 0.170. The van der Waals surface area contributed by atoms with Crippen LogP contribution in [0.15, 0.2) is 0 Å². The Hall–Kier alpha value is -2.77. The van der Waals surface area contributed by atoms with Crippen molar-refractivity contribution in [1.29, 1.82) is 0 Å². The predicted octanol–water partition coefficient (Wildman–Crippen LogP) is -5.08. The summed E-state index contributed by atoms with van der Waals surface area (Å²) < 4.78 is 0. The number of carbonyl (C=O) groups excluding carboxylic acids is 4. The molecule has 0 aliphatic carbocycles. The van der Waals surface area contributed by atoms with Crippen molar-refractivity contribution >= 4 is 29.6 Å². The molecule has 13 heteroatoms. The Kier molecular flexibility index (Phi) is 11.3. The summed E-state index contributed by atoms with van der Waals surface area (Å²) in [6.07, 6.45) is 0. The zero-order valence-electron chi connectivity index (χ0n) is 15.0. The van der Waals surface area contributed by atoms with Gasteiger partial charge in [-0.1, -0.05) is 0 Å². The van der Waals surface area contributed by atoms with E-state index in [1.807, 2.05) is 0 Å². The van der Waals surface area contributed by atoms with Crippen LogP contribution in [0.5, 0.6) is 0 Å².